The molecular weight excluding hydrogens is 551 g/mol. The van der Waals surface area contributed by atoms with Gasteiger partial charge in [0.2, 0.25) is 0 Å². The number of rotatable bonds is 2. The number of nitrogens with one attached hydrogen (secondary N) is 1. The van der Waals surface area contributed by atoms with Crippen molar-refractivity contribution in [3.05, 3.63) is 104 Å². The molecule has 0 fully saturated rings. The first-order valence-electron chi connectivity index (χ1n) is 10.1. The van der Waals surface area contributed by atoms with Crippen molar-refractivity contribution >= 4 is 38.5 Å². The van der Waals surface area contributed by atoms with E-state index in [2.05, 4.69) is 50.6 Å². The number of aromatic amines is 1. The van der Waals surface area contributed by atoms with Crippen LogP contribution in [0, 0.1) is 30.9 Å². The molecule has 0 spiro atoms. The summed E-state index contributed by atoms with van der Waals surface area (Å²) in [5.41, 5.74) is 1.44. The molecule has 0 radical (unpaired) electrons. The number of hydrogen-bond donors (Lipinski definition) is 1. The van der Waals surface area contributed by atoms with E-state index < -0.39 is 17.1 Å². The van der Waals surface area contributed by atoms with Gasteiger partial charge in [-0.25, -0.2) is 4.98 Å². The van der Waals surface area contributed by atoms with Crippen molar-refractivity contribution < 1.29 is 33.7 Å². The Hall–Kier alpha value is -4.23. The van der Waals surface area contributed by atoms with Crippen molar-refractivity contribution in [2.75, 3.05) is 6.61 Å². The third kappa shape index (κ3) is 4.53. The summed E-state index contributed by atoms with van der Waals surface area (Å²) in [7, 11) is 0. The van der Waals surface area contributed by atoms with Gasteiger partial charge in [-0.2, -0.15) is 0 Å². The zero-order chi connectivity index (χ0) is 25.1. The van der Waals surface area contributed by atoms with E-state index in [1.807, 2.05) is 0 Å². The van der Waals surface area contributed by atoms with Crippen molar-refractivity contribution in [1.82, 2.24) is 15.0 Å². The van der Waals surface area contributed by atoms with Crippen LogP contribution >= 0.6 is 0 Å². The summed E-state index contributed by atoms with van der Waals surface area (Å²) in [6.07, 6.45) is 1.61. The molecule has 1 aliphatic carbocycles. The zero-order valence-corrected chi connectivity index (χ0v) is 20.1. The molecule has 2 aliphatic rings. The van der Waals surface area contributed by atoms with Gasteiger partial charge in [0.05, 0.1) is 34.1 Å². The second kappa shape index (κ2) is 11.0. The number of nitrogens with zero attached hydrogens (tertiary/aromatic N) is 2. The summed E-state index contributed by atoms with van der Waals surface area (Å²) in [6, 6.07) is 17.9. The average molecular weight is 563 g/mol. The molecule has 4 aromatic rings. The van der Waals surface area contributed by atoms with Crippen molar-refractivity contribution in [2.24, 2.45) is 0 Å². The Bertz CT molecular complexity index is 1810. The Balaban J connectivity index is 0.000000237. The number of hydrogen-bond acceptors (Lipinski definition) is 7. The molecule has 36 heavy (non-hydrogen) atoms. The maximum atomic E-state index is 12.3. The van der Waals surface area contributed by atoms with E-state index in [0.29, 0.717) is 45.1 Å². The van der Waals surface area contributed by atoms with E-state index in [0.717, 1.165) is 0 Å². The molecule has 0 unspecified atom stereocenters. The first-order valence-corrected chi connectivity index (χ1v) is 10.1. The Morgan fingerprint density at radius 3 is 2.44 bits per heavy atom. The van der Waals surface area contributed by atoms with Crippen molar-refractivity contribution in [1.29, 1.82) is 0 Å². The first-order chi connectivity index (χ1) is 17.0. The maximum absolute atomic E-state index is 12.3. The number of fused-ring (bicyclic) bond motifs is 8. The fourth-order valence-electron chi connectivity index (χ4n) is 3.81. The summed E-state index contributed by atoms with van der Waals surface area (Å²) in [5, 5.41) is 1.68. The molecular formula is C26H12N3O6Ru+. The maximum Gasteiger partial charge on any atom is 6.00 e. The van der Waals surface area contributed by atoms with E-state index in [1.54, 1.807) is 31.3 Å². The smallest absolute Gasteiger partial charge is 6.00 e. The van der Waals surface area contributed by atoms with Gasteiger partial charge in [-0.15, -0.1) is 0 Å². The van der Waals surface area contributed by atoms with Crippen LogP contribution in [0.3, 0.4) is 0 Å². The zero-order valence-electron chi connectivity index (χ0n) is 18.4. The molecule has 9 nitrogen and oxygen atoms in total. The van der Waals surface area contributed by atoms with Crippen LogP contribution in [0.15, 0.2) is 50.9 Å². The van der Waals surface area contributed by atoms with Crippen LogP contribution in [0.5, 0.6) is 0 Å². The van der Waals surface area contributed by atoms with Crippen LogP contribution in [-0.4, -0.2) is 27.5 Å². The monoisotopic (exact) mass is 564 g/mol. The number of ether oxygens (including phenoxy) is 1. The van der Waals surface area contributed by atoms with Gasteiger partial charge in [-0.3, -0.25) is 24.4 Å². The third-order valence-corrected chi connectivity index (χ3v) is 5.11. The molecule has 0 saturated carbocycles. The standard InChI is InChI=1S/C17H7N3O3.C8H5O2.CO.Ru/c21-7-3-4-10-9(6-7)11-13-12(16(22)20-17(13)23)8-2-1-5-18-14(8)15(11)19-10;1-2-10-8(9)7-5-3-4-6-7;1-2;/h1-6H,(H,20,22,23);2H2,1H3;;/q;-5;;+6. The fraction of sp³-hybridized carbons (Fsp3) is 0.0769. The van der Waals surface area contributed by atoms with Gasteiger partial charge in [0.1, 0.15) is 0 Å². The topological polar surface area (TPSA) is 139 Å². The predicted molar refractivity (Wildman–Crippen MR) is 124 cm³/mol. The van der Waals surface area contributed by atoms with Gasteiger partial charge in [-0.05, 0) is 31.2 Å². The average Bonchev–Trinajstić information content (AvgIpc) is 3.59. The van der Waals surface area contributed by atoms with Gasteiger partial charge in [0.15, 0.2) is 5.43 Å². The Morgan fingerprint density at radius 2 is 1.75 bits per heavy atom. The summed E-state index contributed by atoms with van der Waals surface area (Å²) < 4.78 is 12.1. The minimum absolute atomic E-state index is 0. The van der Waals surface area contributed by atoms with Crippen LogP contribution in [0.4, 0.5) is 0 Å². The van der Waals surface area contributed by atoms with Crippen molar-refractivity contribution in [3.63, 3.8) is 0 Å². The van der Waals surface area contributed by atoms with Gasteiger partial charge in [-0.1, -0.05) is 12.0 Å². The van der Waals surface area contributed by atoms with Crippen LogP contribution in [0.25, 0.3) is 43.8 Å². The molecule has 2 aromatic heterocycles. The third-order valence-electron chi connectivity index (χ3n) is 5.11. The van der Waals surface area contributed by atoms with Crippen LogP contribution < -0.4 is 16.5 Å². The van der Waals surface area contributed by atoms with E-state index in [9.17, 15) is 19.2 Å². The fourth-order valence-corrected chi connectivity index (χ4v) is 3.81. The number of H-pyrrole nitrogens is 1. The molecule has 0 saturated heterocycles. The molecule has 6 rings (SSSR count). The van der Waals surface area contributed by atoms with E-state index in [1.165, 1.54) is 12.1 Å². The summed E-state index contributed by atoms with van der Waals surface area (Å²) in [6.45, 7) is 6.61. The number of carbonyl (C=O) groups excluding carboxylic acids is 1. The summed E-state index contributed by atoms with van der Waals surface area (Å²) in [5.74, 6) is -0.417. The van der Waals surface area contributed by atoms with E-state index in [-0.39, 0.29) is 35.9 Å². The number of benzene rings is 2. The SMILES string of the molecule is CCOC(=O)[c-]1[c-][c-][c-][c-]1.O=c1ccc2nc3c4ncccc4c4c(=O)[nH]c(=O)c4c3c-2c1.[C-]#[O+].[Ru+6]. The molecule has 174 valence electrons. The van der Waals surface area contributed by atoms with Gasteiger partial charge < -0.3 is 39.4 Å². The van der Waals surface area contributed by atoms with Crippen molar-refractivity contribution in [3.8, 4) is 11.3 Å². The van der Waals surface area contributed by atoms with Gasteiger partial charge in [0, 0.05) is 22.5 Å². The summed E-state index contributed by atoms with van der Waals surface area (Å²) >= 11 is 0. The largest absolute Gasteiger partial charge is 6.00 e. The normalized spacial score (nSPS) is 10.3. The number of pyridine rings is 1. The predicted octanol–water partition coefficient (Wildman–Crippen LogP) is 2.07. The summed E-state index contributed by atoms with van der Waals surface area (Å²) in [4.78, 5) is 58.2. The molecule has 10 heteroatoms. The molecule has 3 heterocycles. The molecule has 0 atom stereocenters. The van der Waals surface area contributed by atoms with Crippen LogP contribution in [-0.2, 0) is 28.9 Å². The molecule has 1 aliphatic heterocycles. The van der Waals surface area contributed by atoms with Crippen LogP contribution in [0.1, 0.15) is 17.3 Å². The Kier molecular flexibility index (Phi) is 8.07. The van der Waals surface area contributed by atoms with Crippen LogP contribution in [0.2, 0.25) is 0 Å². The Labute approximate surface area is 215 Å². The number of carbonyl (C=O) groups is 1. The minimum atomic E-state index is -0.466. The van der Waals surface area contributed by atoms with E-state index >= 15 is 0 Å². The first kappa shape index (κ1) is 26.4. The van der Waals surface area contributed by atoms with E-state index in [4.69, 9.17) is 4.65 Å². The second-order valence-corrected chi connectivity index (χ2v) is 7.04. The minimum Gasteiger partial charge on any atom is 6.00 e. The second-order valence-electron chi connectivity index (χ2n) is 7.04. The number of esters is 1. The molecule has 0 amide bonds. The molecule has 2 aromatic carbocycles. The quantitative estimate of drug-likeness (QED) is 0.147. The van der Waals surface area contributed by atoms with Gasteiger partial charge in [0.25, 0.3) is 11.1 Å². The molecule has 1 N–H and O–H groups in total. The van der Waals surface area contributed by atoms with Crippen molar-refractivity contribution in [2.45, 2.75) is 6.92 Å². The number of aromatic nitrogens is 3. The van der Waals surface area contributed by atoms with Gasteiger partial charge >= 0.3 is 30.8 Å². The molecule has 0 bridgehead atoms. The Morgan fingerprint density at radius 1 is 1.06 bits per heavy atom.